The van der Waals surface area contributed by atoms with Gasteiger partial charge in [0.1, 0.15) is 5.82 Å². The van der Waals surface area contributed by atoms with Gasteiger partial charge in [-0.1, -0.05) is 38.1 Å². The van der Waals surface area contributed by atoms with E-state index >= 15 is 0 Å². The Morgan fingerprint density at radius 3 is 2.75 bits per heavy atom. The molecule has 0 aliphatic heterocycles. The molecule has 5 heteroatoms. The summed E-state index contributed by atoms with van der Waals surface area (Å²) in [6.07, 6.45) is 0.662. The van der Waals surface area contributed by atoms with Crippen molar-refractivity contribution in [2.45, 2.75) is 26.3 Å². The van der Waals surface area contributed by atoms with Gasteiger partial charge < -0.3 is 16.0 Å². The molecular weight excluding hydrogens is 300 g/mol. The van der Waals surface area contributed by atoms with E-state index in [0.29, 0.717) is 12.3 Å². The minimum absolute atomic E-state index is 0.162. The number of carbonyl (C=O) groups excluding carboxylic acids is 1. The van der Waals surface area contributed by atoms with E-state index in [0.717, 1.165) is 28.1 Å². The number of imidazole rings is 1. The monoisotopic (exact) mass is 322 g/mol. The molecule has 2 aromatic carbocycles. The molecule has 5 nitrogen and oxygen atoms in total. The second-order valence-electron chi connectivity index (χ2n) is 6.41. The lowest BCUT2D eigenvalue weighted by molar-refractivity contribution is -0.117. The maximum absolute atomic E-state index is 12.2. The third kappa shape index (κ3) is 3.63. The number of hydrogen-bond acceptors (Lipinski definition) is 3. The van der Waals surface area contributed by atoms with E-state index in [1.807, 2.05) is 48.5 Å². The molecule has 1 amide bonds. The van der Waals surface area contributed by atoms with Gasteiger partial charge in [-0.25, -0.2) is 4.98 Å². The van der Waals surface area contributed by atoms with Crippen LogP contribution in [-0.4, -0.2) is 21.9 Å². The second kappa shape index (κ2) is 6.84. The Balaban J connectivity index is 1.80. The van der Waals surface area contributed by atoms with Crippen LogP contribution in [0, 0.1) is 5.92 Å². The quantitative estimate of drug-likeness (QED) is 0.672. The Morgan fingerprint density at radius 1 is 1.21 bits per heavy atom. The van der Waals surface area contributed by atoms with Crippen LogP contribution in [-0.2, 0) is 4.79 Å². The first-order chi connectivity index (χ1) is 11.5. The summed E-state index contributed by atoms with van der Waals surface area (Å²) in [7, 11) is 0. The third-order valence-electron chi connectivity index (χ3n) is 3.86. The lowest BCUT2D eigenvalue weighted by Gasteiger charge is -2.14. The summed E-state index contributed by atoms with van der Waals surface area (Å²) in [6.45, 7) is 4.10. The zero-order valence-corrected chi connectivity index (χ0v) is 13.9. The van der Waals surface area contributed by atoms with Crippen molar-refractivity contribution < 1.29 is 4.79 Å². The van der Waals surface area contributed by atoms with Crippen molar-refractivity contribution in [3.05, 3.63) is 48.5 Å². The van der Waals surface area contributed by atoms with Gasteiger partial charge in [-0.2, -0.15) is 0 Å². The first kappa shape index (κ1) is 16.2. The van der Waals surface area contributed by atoms with Gasteiger partial charge in [-0.15, -0.1) is 0 Å². The molecule has 0 aliphatic rings. The molecule has 1 heterocycles. The third-order valence-corrected chi connectivity index (χ3v) is 3.86. The summed E-state index contributed by atoms with van der Waals surface area (Å²) < 4.78 is 0. The minimum Gasteiger partial charge on any atom is -0.338 e. The van der Waals surface area contributed by atoms with Crippen LogP contribution in [0.2, 0.25) is 0 Å². The van der Waals surface area contributed by atoms with Crippen molar-refractivity contribution >= 4 is 22.6 Å². The molecule has 1 aromatic heterocycles. The lowest BCUT2D eigenvalue weighted by Crippen LogP contribution is -2.36. The number of H-pyrrole nitrogens is 1. The standard InChI is InChI=1S/C19H22N4O/c1-12(2)10-15(20)19(24)21-14-7-5-6-13(11-14)18-22-16-8-3-4-9-17(16)23-18/h3-9,11-12,15H,10,20H2,1-2H3,(H,21,24)(H,22,23)/t15-/m0/s1. The fourth-order valence-corrected chi connectivity index (χ4v) is 2.68. The number of nitrogens with zero attached hydrogens (tertiary/aromatic N) is 1. The summed E-state index contributed by atoms with van der Waals surface area (Å²) in [6, 6.07) is 15.0. The summed E-state index contributed by atoms with van der Waals surface area (Å²) in [5.74, 6) is 0.997. The average Bonchev–Trinajstić information content (AvgIpc) is 2.98. The van der Waals surface area contributed by atoms with Gasteiger partial charge in [0.05, 0.1) is 17.1 Å². The van der Waals surface area contributed by atoms with E-state index in [-0.39, 0.29) is 5.91 Å². The molecule has 124 valence electrons. The predicted molar refractivity (Wildman–Crippen MR) is 97.6 cm³/mol. The Bertz CT molecular complexity index is 820. The van der Waals surface area contributed by atoms with Crippen LogP contribution in [0.5, 0.6) is 0 Å². The highest BCUT2D eigenvalue weighted by Crippen LogP contribution is 2.23. The fourth-order valence-electron chi connectivity index (χ4n) is 2.68. The summed E-state index contributed by atoms with van der Waals surface area (Å²) in [5.41, 5.74) is 9.48. The van der Waals surface area contributed by atoms with Crippen molar-refractivity contribution in [2.24, 2.45) is 11.7 Å². The first-order valence-electron chi connectivity index (χ1n) is 8.14. The number of rotatable bonds is 5. The SMILES string of the molecule is CC(C)C[C@H](N)C(=O)Nc1cccc(-c2nc3ccccc3[nH]2)c1. The first-order valence-corrected chi connectivity index (χ1v) is 8.14. The summed E-state index contributed by atoms with van der Waals surface area (Å²) in [5, 5.41) is 2.89. The van der Waals surface area contributed by atoms with Crippen molar-refractivity contribution in [2.75, 3.05) is 5.32 Å². The molecule has 0 aliphatic carbocycles. The van der Waals surface area contributed by atoms with Crippen LogP contribution in [0.4, 0.5) is 5.69 Å². The normalized spacial score (nSPS) is 12.5. The van der Waals surface area contributed by atoms with Gasteiger partial charge >= 0.3 is 0 Å². The number of amides is 1. The zero-order chi connectivity index (χ0) is 17.1. The van der Waals surface area contributed by atoms with Crippen LogP contribution in [0.15, 0.2) is 48.5 Å². The number of benzene rings is 2. The fraction of sp³-hybridized carbons (Fsp3) is 0.263. The molecule has 1 atom stereocenters. The molecule has 0 saturated heterocycles. The zero-order valence-electron chi connectivity index (χ0n) is 13.9. The second-order valence-corrected chi connectivity index (χ2v) is 6.41. The molecule has 0 spiro atoms. The van der Waals surface area contributed by atoms with Crippen molar-refractivity contribution in [1.29, 1.82) is 0 Å². The maximum Gasteiger partial charge on any atom is 0.241 e. The van der Waals surface area contributed by atoms with E-state index in [9.17, 15) is 4.79 Å². The van der Waals surface area contributed by atoms with Crippen LogP contribution in [0.1, 0.15) is 20.3 Å². The molecule has 3 aromatic rings. The number of hydrogen-bond donors (Lipinski definition) is 3. The van der Waals surface area contributed by atoms with Crippen LogP contribution >= 0.6 is 0 Å². The molecule has 3 rings (SSSR count). The molecule has 0 fully saturated rings. The number of aromatic amines is 1. The maximum atomic E-state index is 12.2. The number of anilines is 1. The van der Waals surface area contributed by atoms with E-state index < -0.39 is 6.04 Å². The lowest BCUT2D eigenvalue weighted by atomic mass is 10.0. The van der Waals surface area contributed by atoms with Gasteiger partial charge in [0.2, 0.25) is 5.91 Å². The molecule has 24 heavy (non-hydrogen) atoms. The number of carbonyl (C=O) groups is 1. The van der Waals surface area contributed by atoms with Crippen molar-refractivity contribution in [1.82, 2.24) is 9.97 Å². The highest BCUT2D eigenvalue weighted by Gasteiger charge is 2.15. The summed E-state index contributed by atoms with van der Waals surface area (Å²) in [4.78, 5) is 20.1. The van der Waals surface area contributed by atoms with Gasteiger partial charge in [-0.3, -0.25) is 4.79 Å². The van der Waals surface area contributed by atoms with Gasteiger partial charge in [0, 0.05) is 11.3 Å². The van der Waals surface area contributed by atoms with E-state index in [4.69, 9.17) is 5.73 Å². The highest BCUT2D eigenvalue weighted by molar-refractivity contribution is 5.95. The van der Waals surface area contributed by atoms with E-state index in [2.05, 4.69) is 29.1 Å². The minimum atomic E-state index is -0.500. The van der Waals surface area contributed by atoms with E-state index in [1.54, 1.807) is 0 Å². The van der Waals surface area contributed by atoms with Gasteiger partial charge in [-0.05, 0) is 36.6 Å². The molecule has 0 saturated carbocycles. The van der Waals surface area contributed by atoms with E-state index in [1.165, 1.54) is 0 Å². The number of para-hydroxylation sites is 2. The van der Waals surface area contributed by atoms with Gasteiger partial charge in [0.15, 0.2) is 0 Å². The van der Waals surface area contributed by atoms with Crippen molar-refractivity contribution in [3.8, 4) is 11.4 Å². The smallest absolute Gasteiger partial charge is 0.241 e. The Morgan fingerprint density at radius 2 is 2.00 bits per heavy atom. The van der Waals surface area contributed by atoms with Crippen LogP contribution < -0.4 is 11.1 Å². The molecule has 4 N–H and O–H groups in total. The number of nitrogens with one attached hydrogen (secondary N) is 2. The van der Waals surface area contributed by atoms with Crippen LogP contribution in [0.25, 0.3) is 22.4 Å². The Kier molecular flexibility index (Phi) is 4.62. The number of fused-ring (bicyclic) bond motifs is 1. The highest BCUT2D eigenvalue weighted by atomic mass is 16.2. The number of nitrogens with two attached hydrogens (primary N) is 1. The molecule has 0 radical (unpaired) electrons. The van der Waals surface area contributed by atoms with Crippen LogP contribution in [0.3, 0.4) is 0 Å². The molecule has 0 bridgehead atoms. The predicted octanol–water partition coefficient (Wildman–Crippen LogP) is 3.54. The largest absolute Gasteiger partial charge is 0.338 e. The van der Waals surface area contributed by atoms with Gasteiger partial charge in [0.25, 0.3) is 0 Å². The number of aromatic nitrogens is 2. The van der Waals surface area contributed by atoms with Crippen molar-refractivity contribution in [3.63, 3.8) is 0 Å². The topological polar surface area (TPSA) is 83.8 Å². The Hall–Kier alpha value is -2.66. The average molecular weight is 322 g/mol. The Labute approximate surface area is 141 Å². The summed E-state index contributed by atoms with van der Waals surface area (Å²) >= 11 is 0. The molecule has 0 unspecified atom stereocenters. The molecular formula is C19H22N4O.